The normalized spacial score (nSPS) is 20.7. The third kappa shape index (κ3) is 5.87. The van der Waals surface area contributed by atoms with Gasteiger partial charge in [0.05, 0.1) is 24.0 Å². The zero-order valence-electron chi connectivity index (χ0n) is 25.2. The van der Waals surface area contributed by atoms with Gasteiger partial charge in [-0.1, -0.05) is 61.9 Å². The van der Waals surface area contributed by atoms with E-state index in [0.29, 0.717) is 43.7 Å². The number of anilines is 1. The summed E-state index contributed by atoms with van der Waals surface area (Å²) in [5.41, 5.74) is 5.46. The van der Waals surface area contributed by atoms with Crippen molar-refractivity contribution in [1.82, 2.24) is 4.90 Å². The summed E-state index contributed by atoms with van der Waals surface area (Å²) in [7, 11) is 0. The molecule has 45 heavy (non-hydrogen) atoms. The van der Waals surface area contributed by atoms with Crippen LogP contribution in [0.15, 0.2) is 72.8 Å². The second kappa shape index (κ2) is 13.1. The smallest absolute Gasteiger partial charge is 0.338 e. The van der Waals surface area contributed by atoms with Crippen LogP contribution >= 0.6 is 0 Å². The summed E-state index contributed by atoms with van der Waals surface area (Å²) in [6.07, 6.45) is 2.59. The van der Waals surface area contributed by atoms with Gasteiger partial charge in [-0.15, -0.1) is 0 Å². The molecule has 3 aliphatic carbocycles. The minimum Gasteiger partial charge on any atom is -0.462 e. The molecule has 0 aromatic heterocycles. The van der Waals surface area contributed by atoms with E-state index in [0.717, 1.165) is 28.7 Å². The number of ether oxygens (including phenoxy) is 2. The number of carbonyl (C=O) groups is 5. The summed E-state index contributed by atoms with van der Waals surface area (Å²) in [5, 5.41) is 2.63. The van der Waals surface area contributed by atoms with Crippen LogP contribution in [0, 0.1) is 11.8 Å². The van der Waals surface area contributed by atoms with E-state index in [1.807, 2.05) is 31.2 Å². The number of carbonyl (C=O) groups excluding carboxylic acids is 5. The molecule has 3 aromatic rings. The molecule has 1 N–H and O–H groups in total. The first-order chi connectivity index (χ1) is 21.9. The molecular weight excluding hydrogens is 572 g/mol. The fraction of sp³-hybridized carbons (Fsp3) is 0.361. The minimum atomic E-state index is -0.495. The van der Waals surface area contributed by atoms with Gasteiger partial charge in [-0.05, 0) is 65.8 Å². The van der Waals surface area contributed by atoms with Gasteiger partial charge in [-0.3, -0.25) is 24.1 Å². The highest BCUT2D eigenvalue weighted by molar-refractivity contribution is 6.07. The molecule has 1 saturated heterocycles. The van der Waals surface area contributed by atoms with Gasteiger partial charge in [0, 0.05) is 30.5 Å². The van der Waals surface area contributed by atoms with Crippen LogP contribution < -0.4 is 5.32 Å². The molecule has 0 saturated carbocycles. The van der Waals surface area contributed by atoms with Gasteiger partial charge in [0.1, 0.15) is 0 Å². The summed E-state index contributed by atoms with van der Waals surface area (Å²) in [4.78, 5) is 65.1. The van der Waals surface area contributed by atoms with Gasteiger partial charge >= 0.3 is 11.9 Å². The number of amides is 3. The fourth-order valence-electron chi connectivity index (χ4n) is 7.06. The predicted octanol–water partition coefficient (Wildman–Crippen LogP) is 5.19. The number of unbranched alkanes of at least 4 members (excludes halogenated alkanes) is 2. The van der Waals surface area contributed by atoms with Crippen molar-refractivity contribution in [1.29, 1.82) is 0 Å². The summed E-state index contributed by atoms with van der Waals surface area (Å²) >= 11 is 0. The monoisotopic (exact) mass is 608 g/mol. The van der Waals surface area contributed by atoms with Gasteiger partial charge in [-0.25, -0.2) is 4.79 Å². The minimum absolute atomic E-state index is 0.0968. The summed E-state index contributed by atoms with van der Waals surface area (Å²) in [6.45, 7) is 2.15. The van der Waals surface area contributed by atoms with E-state index < -0.39 is 24.5 Å². The molecule has 9 nitrogen and oxygen atoms in total. The number of benzene rings is 3. The number of nitrogens with zero attached hydrogens (tertiary/aromatic N) is 1. The van der Waals surface area contributed by atoms with Crippen LogP contribution in [0.5, 0.6) is 0 Å². The van der Waals surface area contributed by atoms with Crippen molar-refractivity contribution in [2.24, 2.45) is 11.8 Å². The third-order valence-electron chi connectivity index (χ3n) is 9.01. The Hall–Kier alpha value is -4.79. The molecule has 9 heteroatoms. The van der Waals surface area contributed by atoms with Crippen molar-refractivity contribution in [2.75, 3.05) is 25.1 Å². The Morgan fingerprint density at radius 3 is 1.82 bits per heavy atom. The van der Waals surface area contributed by atoms with Crippen LogP contribution in [0.25, 0.3) is 0 Å². The van der Waals surface area contributed by atoms with E-state index in [-0.39, 0.29) is 41.9 Å². The van der Waals surface area contributed by atoms with Gasteiger partial charge < -0.3 is 14.8 Å². The molecular formula is C36H36N2O7. The maximum absolute atomic E-state index is 13.7. The van der Waals surface area contributed by atoms with Crippen molar-refractivity contribution in [2.45, 2.75) is 50.9 Å². The molecule has 1 heterocycles. The average Bonchev–Trinajstić information content (AvgIpc) is 3.32. The van der Waals surface area contributed by atoms with Crippen LogP contribution in [-0.4, -0.2) is 54.3 Å². The molecule has 0 spiro atoms. The van der Waals surface area contributed by atoms with Crippen LogP contribution in [0.1, 0.15) is 83.5 Å². The summed E-state index contributed by atoms with van der Waals surface area (Å²) < 4.78 is 10.2. The number of hydrogen-bond acceptors (Lipinski definition) is 7. The molecule has 1 fully saturated rings. The lowest BCUT2D eigenvalue weighted by atomic mass is 9.55. The zero-order valence-corrected chi connectivity index (χ0v) is 25.2. The molecule has 7 rings (SSSR count). The molecule has 2 atom stereocenters. The van der Waals surface area contributed by atoms with Crippen LogP contribution in [0.3, 0.4) is 0 Å². The average molecular weight is 609 g/mol. The topological polar surface area (TPSA) is 119 Å². The van der Waals surface area contributed by atoms with E-state index in [4.69, 9.17) is 9.47 Å². The van der Waals surface area contributed by atoms with Crippen molar-refractivity contribution >= 4 is 35.3 Å². The number of nitrogens with one attached hydrogen (secondary N) is 1. The van der Waals surface area contributed by atoms with Gasteiger partial charge in [0.25, 0.3) is 5.91 Å². The van der Waals surface area contributed by atoms with E-state index in [9.17, 15) is 24.0 Å². The standard InChI is InChI=1S/C36H36N2O7/c1-2-20-44-36(43)22-15-17-23(18-16-22)37-28(39)21-45-29(40)14-4-3-9-19-38-34(41)32-30-24-10-5-6-11-25(24)31(33(32)35(38)42)27-13-8-7-12-26(27)30/h5-8,10-13,15-18,30-33H,2-4,9,14,19-21H2,1H3,(H,37,39)/t30?,31?,32-,33+. The highest BCUT2D eigenvalue weighted by atomic mass is 16.5. The molecule has 4 aliphatic rings. The SMILES string of the molecule is CCCOC(=O)c1ccc(NC(=O)COC(=O)CCCCCN2C(=O)[C@@H]3C4c5ccccc5C(c5ccccc54)[C@@H]3C2=O)cc1. The lowest BCUT2D eigenvalue weighted by Gasteiger charge is -2.45. The van der Waals surface area contributed by atoms with Gasteiger partial charge in [0.2, 0.25) is 11.8 Å². The molecule has 2 bridgehead atoms. The van der Waals surface area contributed by atoms with Gasteiger partial charge in [0.15, 0.2) is 6.61 Å². The number of likely N-dealkylation sites (tertiary alicyclic amines) is 1. The van der Waals surface area contributed by atoms with Gasteiger partial charge in [-0.2, -0.15) is 0 Å². The number of hydrogen-bond donors (Lipinski definition) is 1. The van der Waals surface area contributed by atoms with Crippen molar-refractivity contribution in [3.8, 4) is 0 Å². The second-order valence-corrected chi connectivity index (χ2v) is 11.8. The maximum atomic E-state index is 13.7. The Kier molecular flexibility index (Phi) is 8.78. The second-order valence-electron chi connectivity index (χ2n) is 11.8. The Morgan fingerprint density at radius 1 is 0.733 bits per heavy atom. The van der Waals surface area contributed by atoms with E-state index >= 15 is 0 Å². The largest absolute Gasteiger partial charge is 0.462 e. The Balaban J connectivity index is 0.944. The maximum Gasteiger partial charge on any atom is 0.338 e. The first kappa shape index (κ1) is 30.2. The van der Waals surface area contributed by atoms with Crippen molar-refractivity contribution in [3.05, 3.63) is 101 Å². The number of esters is 2. The van der Waals surface area contributed by atoms with Crippen molar-refractivity contribution < 1.29 is 33.4 Å². The highest BCUT2D eigenvalue weighted by Gasteiger charge is 2.61. The lowest BCUT2D eigenvalue weighted by Crippen LogP contribution is -2.41. The Morgan fingerprint density at radius 2 is 1.29 bits per heavy atom. The Labute approximate surface area is 261 Å². The van der Waals surface area contributed by atoms with Crippen LogP contribution in [-0.2, 0) is 28.7 Å². The number of rotatable bonds is 12. The fourth-order valence-corrected chi connectivity index (χ4v) is 7.06. The molecule has 0 unspecified atom stereocenters. The van der Waals surface area contributed by atoms with E-state index in [2.05, 4.69) is 29.6 Å². The van der Waals surface area contributed by atoms with E-state index in [1.54, 1.807) is 24.3 Å². The quantitative estimate of drug-likeness (QED) is 0.171. The molecule has 1 aliphatic heterocycles. The zero-order chi connectivity index (χ0) is 31.5. The highest BCUT2D eigenvalue weighted by Crippen LogP contribution is 2.60. The van der Waals surface area contributed by atoms with Crippen molar-refractivity contribution in [3.63, 3.8) is 0 Å². The Bertz CT molecular complexity index is 1520. The lowest BCUT2D eigenvalue weighted by molar-refractivity contribution is -0.147. The molecule has 232 valence electrons. The van der Waals surface area contributed by atoms with Crippen LogP contribution in [0.4, 0.5) is 5.69 Å². The molecule has 3 aromatic carbocycles. The molecule has 0 radical (unpaired) electrons. The molecule has 3 amide bonds. The summed E-state index contributed by atoms with van der Waals surface area (Å²) in [5.74, 6) is -2.60. The van der Waals surface area contributed by atoms with Crippen LogP contribution in [0.2, 0.25) is 0 Å². The number of imide groups is 1. The first-order valence-electron chi connectivity index (χ1n) is 15.6. The third-order valence-corrected chi connectivity index (χ3v) is 9.01. The predicted molar refractivity (Wildman–Crippen MR) is 165 cm³/mol. The first-order valence-corrected chi connectivity index (χ1v) is 15.6. The summed E-state index contributed by atoms with van der Waals surface area (Å²) in [6, 6.07) is 22.6. The van der Waals surface area contributed by atoms with E-state index in [1.165, 1.54) is 4.90 Å².